The van der Waals surface area contributed by atoms with Gasteiger partial charge in [0, 0.05) is 18.7 Å². The molecule has 0 radical (unpaired) electrons. The van der Waals surface area contributed by atoms with Gasteiger partial charge in [-0.25, -0.2) is 13.4 Å². The number of hydrogen-bond acceptors (Lipinski definition) is 5. The van der Waals surface area contributed by atoms with Gasteiger partial charge in [0.15, 0.2) is 5.13 Å². The van der Waals surface area contributed by atoms with Crippen LogP contribution in [0.4, 0.5) is 5.13 Å². The van der Waals surface area contributed by atoms with E-state index in [-0.39, 0.29) is 10.8 Å². The van der Waals surface area contributed by atoms with Gasteiger partial charge in [-0.2, -0.15) is 4.31 Å². The molecule has 0 bridgehead atoms. The van der Waals surface area contributed by atoms with Crippen molar-refractivity contribution in [3.05, 3.63) is 54.1 Å². The number of benzene rings is 2. The van der Waals surface area contributed by atoms with Gasteiger partial charge in [-0.15, -0.1) is 0 Å². The molecule has 4 rings (SSSR count). The lowest BCUT2D eigenvalue weighted by molar-refractivity contribution is 0.102. The van der Waals surface area contributed by atoms with Gasteiger partial charge in [0.25, 0.3) is 5.91 Å². The second-order valence-corrected chi connectivity index (χ2v) is 9.76. The summed E-state index contributed by atoms with van der Waals surface area (Å²) in [5.41, 5.74) is 1.12. The maximum Gasteiger partial charge on any atom is 0.257 e. The summed E-state index contributed by atoms with van der Waals surface area (Å²) < 4.78 is 28.5. The number of hydrogen-bond donors (Lipinski definition) is 1. The third kappa shape index (κ3) is 3.94. The second kappa shape index (κ2) is 7.98. The summed E-state index contributed by atoms with van der Waals surface area (Å²) in [6, 6.07) is 13.9. The predicted molar refractivity (Wildman–Crippen MR) is 111 cm³/mol. The summed E-state index contributed by atoms with van der Waals surface area (Å²) in [6.07, 6.45) is 3.85. The highest BCUT2D eigenvalue weighted by Gasteiger charge is 2.25. The molecule has 3 aromatic rings. The number of fused-ring (bicyclic) bond motifs is 1. The lowest BCUT2D eigenvalue weighted by atomic mass is 10.2. The Labute approximate surface area is 168 Å². The summed E-state index contributed by atoms with van der Waals surface area (Å²) in [4.78, 5) is 17.2. The van der Waals surface area contributed by atoms with Gasteiger partial charge in [-0.05, 0) is 43.2 Å². The quantitative estimate of drug-likeness (QED) is 0.695. The number of para-hydroxylation sites is 1. The second-order valence-electron chi connectivity index (χ2n) is 6.79. The van der Waals surface area contributed by atoms with Crippen molar-refractivity contribution in [2.24, 2.45) is 0 Å². The van der Waals surface area contributed by atoms with Crippen LogP contribution in [0.15, 0.2) is 53.4 Å². The molecule has 1 aliphatic rings. The van der Waals surface area contributed by atoms with Crippen LogP contribution >= 0.6 is 11.3 Å². The topological polar surface area (TPSA) is 79.4 Å². The number of thiazole rings is 1. The van der Waals surface area contributed by atoms with Crippen LogP contribution in [-0.2, 0) is 10.0 Å². The van der Waals surface area contributed by atoms with Gasteiger partial charge < -0.3 is 0 Å². The van der Waals surface area contributed by atoms with Crippen molar-refractivity contribution in [2.45, 2.75) is 30.6 Å². The fourth-order valence-corrected chi connectivity index (χ4v) is 5.75. The van der Waals surface area contributed by atoms with Crippen molar-refractivity contribution >= 4 is 42.6 Å². The third-order valence-electron chi connectivity index (χ3n) is 4.81. The van der Waals surface area contributed by atoms with Crippen molar-refractivity contribution in [3.8, 4) is 0 Å². The van der Waals surface area contributed by atoms with E-state index in [2.05, 4.69) is 10.3 Å². The SMILES string of the molecule is O=C(Nc1nc2ccccc2s1)c1cccc(S(=O)(=O)N2CCCCCC2)c1. The fraction of sp³-hybridized carbons (Fsp3) is 0.300. The van der Waals surface area contributed by atoms with Crippen molar-refractivity contribution in [1.82, 2.24) is 9.29 Å². The molecule has 0 aliphatic carbocycles. The molecule has 0 atom stereocenters. The van der Waals surface area contributed by atoms with Crippen LogP contribution in [-0.4, -0.2) is 36.7 Å². The minimum absolute atomic E-state index is 0.159. The van der Waals surface area contributed by atoms with Gasteiger partial charge in [0.2, 0.25) is 10.0 Å². The minimum atomic E-state index is -3.59. The number of rotatable bonds is 4. The minimum Gasteiger partial charge on any atom is -0.298 e. The largest absolute Gasteiger partial charge is 0.298 e. The van der Waals surface area contributed by atoms with Crippen LogP contribution in [0.1, 0.15) is 36.0 Å². The van der Waals surface area contributed by atoms with E-state index in [1.807, 2.05) is 24.3 Å². The maximum absolute atomic E-state index is 13.0. The Morgan fingerprint density at radius 3 is 2.50 bits per heavy atom. The molecule has 1 N–H and O–H groups in total. The van der Waals surface area contributed by atoms with Crippen molar-refractivity contribution in [1.29, 1.82) is 0 Å². The number of amides is 1. The van der Waals surface area contributed by atoms with E-state index < -0.39 is 10.0 Å². The third-order valence-corrected chi connectivity index (χ3v) is 7.66. The smallest absolute Gasteiger partial charge is 0.257 e. The number of nitrogens with zero attached hydrogens (tertiary/aromatic N) is 2. The van der Waals surface area contributed by atoms with Gasteiger partial charge >= 0.3 is 0 Å². The number of nitrogens with one attached hydrogen (secondary N) is 1. The molecule has 0 unspecified atom stereocenters. The average molecular weight is 416 g/mol. The van der Waals surface area contributed by atoms with Crippen LogP contribution in [0.3, 0.4) is 0 Å². The van der Waals surface area contributed by atoms with Crippen LogP contribution < -0.4 is 5.32 Å². The number of aromatic nitrogens is 1. The number of carbonyl (C=O) groups is 1. The van der Waals surface area contributed by atoms with E-state index >= 15 is 0 Å². The molecule has 1 amide bonds. The van der Waals surface area contributed by atoms with Crippen LogP contribution in [0.25, 0.3) is 10.2 Å². The monoisotopic (exact) mass is 415 g/mol. The highest BCUT2D eigenvalue weighted by molar-refractivity contribution is 7.89. The zero-order valence-electron chi connectivity index (χ0n) is 15.3. The van der Waals surface area contributed by atoms with Crippen molar-refractivity contribution in [2.75, 3.05) is 18.4 Å². The van der Waals surface area contributed by atoms with Gasteiger partial charge in [-0.3, -0.25) is 10.1 Å². The molecule has 8 heteroatoms. The average Bonchev–Trinajstić information content (AvgIpc) is 2.90. The van der Waals surface area contributed by atoms with Crippen molar-refractivity contribution in [3.63, 3.8) is 0 Å². The molecule has 1 saturated heterocycles. The first kappa shape index (κ1) is 19.0. The fourth-order valence-electron chi connectivity index (χ4n) is 3.32. The molecule has 0 spiro atoms. The molecular weight excluding hydrogens is 394 g/mol. The predicted octanol–water partition coefficient (Wildman–Crippen LogP) is 4.11. The molecule has 6 nitrogen and oxygen atoms in total. The Morgan fingerprint density at radius 2 is 1.75 bits per heavy atom. The van der Waals surface area contributed by atoms with Crippen LogP contribution in [0, 0.1) is 0 Å². The molecule has 0 saturated carbocycles. The molecule has 1 aliphatic heterocycles. The van der Waals surface area contributed by atoms with E-state index in [1.165, 1.54) is 21.7 Å². The zero-order valence-corrected chi connectivity index (χ0v) is 16.9. The molecule has 2 heterocycles. The molecule has 1 aromatic heterocycles. The van der Waals surface area contributed by atoms with Crippen molar-refractivity contribution < 1.29 is 13.2 Å². The van der Waals surface area contributed by atoms with E-state index in [4.69, 9.17) is 0 Å². The lowest BCUT2D eigenvalue weighted by Crippen LogP contribution is -2.32. The summed E-state index contributed by atoms with van der Waals surface area (Å²) in [7, 11) is -3.59. The number of carbonyl (C=O) groups excluding carboxylic acids is 1. The summed E-state index contributed by atoms with van der Waals surface area (Å²) in [5.74, 6) is -0.369. The van der Waals surface area contributed by atoms with E-state index in [1.54, 1.807) is 18.2 Å². The summed E-state index contributed by atoms with van der Waals surface area (Å²) in [6.45, 7) is 1.06. The standard InChI is InChI=1S/C20H21N3O3S2/c24-19(22-20-21-17-10-3-4-11-18(17)27-20)15-8-7-9-16(14-15)28(25,26)23-12-5-1-2-6-13-23/h3-4,7-11,14H,1-2,5-6,12-13H2,(H,21,22,24). The molecule has 1 fully saturated rings. The Bertz CT molecular complexity index is 1070. The summed E-state index contributed by atoms with van der Waals surface area (Å²) >= 11 is 1.39. The number of anilines is 1. The highest BCUT2D eigenvalue weighted by atomic mass is 32.2. The highest BCUT2D eigenvalue weighted by Crippen LogP contribution is 2.26. The van der Waals surface area contributed by atoms with E-state index in [0.29, 0.717) is 23.8 Å². The Hall–Kier alpha value is -2.29. The van der Waals surface area contributed by atoms with E-state index in [9.17, 15) is 13.2 Å². The normalized spacial score (nSPS) is 16.0. The van der Waals surface area contributed by atoms with Gasteiger partial charge in [0.05, 0.1) is 15.1 Å². The first-order valence-electron chi connectivity index (χ1n) is 9.31. The Balaban J connectivity index is 1.56. The molecular formula is C20H21N3O3S2. The van der Waals surface area contributed by atoms with Crippen LogP contribution in [0.5, 0.6) is 0 Å². The van der Waals surface area contributed by atoms with E-state index in [0.717, 1.165) is 35.9 Å². The summed E-state index contributed by atoms with van der Waals surface area (Å²) in [5, 5.41) is 3.27. The van der Waals surface area contributed by atoms with Gasteiger partial charge in [0.1, 0.15) is 0 Å². The molecule has 146 valence electrons. The Morgan fingerprint density at radius 1 is 1.00 bits per heavy atom. The zero-order chi connectivity index (χ0) is 19.6. The Kier molecular flexibility index (Phi) is 5.43. The van der Waals surface area contributed by atoms with Crippen LogP contribution in [0.2, 0.25) is 0 Å². The molecule has 28 heavy (non-hydrogen) atoms. The maximum atomic E-state index is 13.0. The first-order chi connectivity index (χ1) is 13.5. The molecule has 2 aromatic carbocycles. The first-order valence-corrected chi connectivity index (χ1v) is 11.6. The number of sulfonamides is 1. The van der Waals surface area contributed by atoms with Gasteiger partial charge in [-0.1, -0.05) is 42.4 Å². The lowest BCUT2D eigenvalue weighted by Gasteiger charge is -2.20.